The third-order valence-electron chi connectivity index (χ3n) is 2.50. The van der Waals surface area contributed by atoms with Crippen molar-refractivity contribution in [3.63, 3.8) is 0 Å². The summed E-state index contributed by atoms with van der Waals surface area (Å²) < 4.78 is 5.73. The molecule has 0 bridgehead atoms. The lowest BCUT2D eigenvalue weighted by molar-refractivity contribution is 0.0267. The molecule has 2 N–H and O–H groups in total. The largest absolute Gasteiger partial charge is 0.378 e. The molecular formula is C10H21NO. The average Bonchev–Trinajstić information content (AvgIpc) is 2.14. The Morgan fingerprint density at radius 1 is 1.08 bits per heavy atom. The highest BCUT2D eigenvalue weighted by Gasteiger charge is 2.12. The fourth-order valence-corrected chi connectivity index (χ4v) is 1.73. The van der Waals surface area contributed by atoms with Crippen LogP contribution in [0.3, 0.4) is 0 Å². The second-order valence-corrected chi connectivity index (χ2v) is 3.63. The van der Waals surface area contributed by atoms with Crippen molar-refractivity contribution in [2.45, 2.75) is 51.0 Å². The van der Waals surface area contributed by atoms with E-state index in [1.807, 2.05) is 0 Å². The van der Waals surface area contributed by atoms with Crippen molar-refractivity contribution in [1.82, 2.24) is 0 Å². The molecule has 2 nitrogen and oxygen atoms in total. The van der Waals surface area contributed by atoms with Crippen LogP contribution in [0.25, 0.3) is 0 Å². The zero-order valence-corrected chi connectivity index (χ0v) is 7.93. The molecule has 1 fully saturated rings. The maximum absolute atomic E-state index is 5.73. The van der Waals surface area contributed by atoms with Gasteiger partial charge in [0.1, 0.15) is 0 Å². The van der Waals surface area contributed by atoms with E-state index >= 15 is 0 Å². The Kier molecular flexibility index (Phi) is 5.37. The normalized spacial score (nSPS) is 19.8. The van der Waals surface area contributed by atoms with Gasteiger partial charge in [-0.25, -0.2) is 0 Å². The van der Waals surface area contributed by atoms with Gasteiger partial charge in [0, 0.05) is 6.61 Å². The maximum Gasteiger partial charge on any atom is 0.0575 e. The molecule has 72 valence electrons. The van der Waals surface area contributed by atoms with E-state index in [0.717, 1.165) is 26.0 Å². The predicted molar refractivity (Wildman–Crippen MR) is 51.1 cm³/mol. The molecule has 0 atom stereocenters. The number of hydrogen-bond acceptors (Lipinski definition) is 2. The van der Waals surface area contributed by atoms with Crippen molar-refractivity contribution in [3.05, 3.63) is 0 Å². The second kappa shape index (κ2) is 6.44. The monoisotopic (exact) mass is 171 g/mol. The van der Waals surface area contributed by atoms with E-state index in [2.05, 4.69) is 0 Å². The second-order valence-electron chi connectivity index (χ2n) is 3.63. The van der Waals surface area contributed by atoms with Crippen LogP contribution in [0.1, 0.15) is 44.9 Å². The van der Waals surface area contributed by atoms with E-state index in [0.29, 0.717) is 6.10 Å². The molecule has 1 aliphatic rings. The van der Waals surface area contributed by atoms with Gasteiger partial charge in [-0.3, -0.25) is 0 Å². The Labute approximate surface area is 75.5 Å². The van der Waals surface area contributed by atoms with Gasteiger partial charge in [-0.2, -0.15) is 0 Å². The van der Waals surface area contributed by atoms with E-state index in [-0.39, 0.29) is 0 Å². The Morgan fingerprint density at radius 3 is 2.50 bits per heavy atom. The van der Waals surface area contributed by atoms with Gasteiger partial charge in [0.25, 0.3) is 0 Å². The summed E-state index contributed by atoms with van der Waals surface area (Å²) >= 11 is 0. The molecule has 0 unspecified atom stereocenters. The Hall–Kier alpha value is -0.0800. The van der Waals surface area contributed by atoms with E-state index in [9.17, 15) is 0 Å². The van der Waals surface area contributed by atoms with Crippen LogP contribution in [0.4, 0.5) is 0 Å². The standard InChI is InChI=1S/C10H21NO/c11-8-4-5-9-12-10-6-2-1-3-7-10/h10H,1-9,11H2. The molecule has 0 spiro atoms. The highest BCUT2D eigenvalue weighted by atomic mass is 16.5. The van der Waals surface area contributed by atoms with E-state index in [1.165, 1.54) is 32.1 Å². The molecule has 0 amide bonds. The van der Waals surface area contributed by atoms with Crippen molar-refractivity contribution >= 4 is 0 Å². The molecule has 0 saturated heterocycles. The molecular weight excluding hydrogens is 150 g/mol. The van der Waals surface area contributed by atoms with Crippen LogP contribution < -0.4 is 5.73 Å². The van der Waals surface area contributed by atoms with Gasteiger partial charge in [0.2, 0.25) is 0 Å². The van der Waals surface area contributed by atoms with Gasteiger partial charge < -0.3 is 10.5 Å². The fraction of sp³-hybridized carbons (Fsp3) is 1.00. The molecule has 0 aromatic carbocycles. The highest BCUT2D eigenvalue weighted by Crippen LogP contribution is 2.20. The third-order valence-corrected chi connectivity index (χ3v) is 2.50. The lowest BCUT2D eigenvalue weighted by Gasteiger charge is -2.21. The summed E-state index contributed by atoms with van der Waals surface area (Å²) in [6.45, 7) is 1.72. The lowest BCUT2D eigenvalue weighted by atomic mass is 9.98. The topological polar surface area (TPSA) is 35.2 Å². The first-order valence-corrected chi connectivity index (χ1v) is 5.25. The molecule has 0 aromatic heterocycles. The van der Waals surface area contributed by atoms with Gasteiger partial charge in [-0.05, 0) is 32.2 Å². The van der Waals surface area contributed by atoms with Crippen LogP contribution >= 0.6 is 0 Å². The van der Waals surface area contributed by atoms with Crippen LogP contribution in [-0.4, -0.2) is 19.3 Å². The molecule has 1 aliphatic carbocycles. The summed E-state index contributed by atoms with van der Waals surface area (Å²) in [6, 6.07) is 0. The Balaban J connectivity index is 1.91. The number of nitrogens with two attached hydrogens (primary N) is 1. The van der Waals surface area contributed by atoms with Crippen LogP contribution in [0.2, 0.25) is 0 Å². The Morgan fingerprint density at radius 2 is 1.83 bits per heavy atom. The molecule has 0 heterocycles. The molecule has 0 aromatic rings. The summed E-state index contributed by atoms with van der Waals surface area (Å²) in [5.74, 6) is 0. The lowest BCUT2D eigenvalue weighted by Crippen LogP contribution is -2.17. The minimum atomic E-state index is 0.566. The molecule has 1 saturated carbocycles. The van der Waals surface area contributed by atoms with Gasteiger partial charge in [-0.1, -0.05) is 19.3 Å². The van der Waals surface area contributed by atoms with Crippen molar-refractivity contribution in [3.8, 4) is 0 Å². The van der Waals surface area contributed by atoms with Crippen LogP contribution in [0.5, 0.6) is 0 Å². The van der Waals surface area contributed by atoms with E-state index < -0.39 is 0 Å². The Bertz CT molecular complexity index is 100. The first-order valence-electron chi connectivity index (χ1n) is 5.25. The molecule has 2 heteroatoms. The van der Waals surface area contributed by atoms with Crippen LogP contribution in [-0.2, 0) is 4.74 Å². The molecule has 12 heavy (non-hydrogen) atoms. The highest BCUT2D eigenvalue weighted by molar-refractivity contribution is 4.64. The fourth-order valence-electron chi connectivity index (χ4n) is 1.73. The third kappa shape index (κ3) is 4.07. The summed E-state index contributed by atoms with van der Waals surface area (Å²) in [5, 5.41) is 0. The smallest absolute Gasteiger partial charge is 0.0575 e. The zero-order valence-electron chi connectivity index (χ0n) is 7.93. The van der Waals surface area contributed by atoms with Crippen LogP contribution in [0.15, 0.2) is 0 Å². The van der Waals surface area contributed by atoms with E-state index in [1.54, 1.807) is 0 Å². The number of rotatable bonds is 5. The van der Waals surface area contributed by atoms with Crippen molar-refractivity contribution in [1.29, 1.82) is 0 Å². The summed E-state index contributed by atoms with van der Waals surface area (Å²) in [4.78, 5) is 0. The quantitative estimate of drug-likeness (QED) is 0.643. The van der Waals surface area contributed by atoms with Crippen molar-refractivity contribution in [2.75, 3.05) is 13.2 Å². The zero-order chi connectivity index (χ0) is 8.65. The first kappa shape index (κ1) is 10.0. The van der Waals surface area contributed by atoms with Crippen molar-refractivity contribution < 1.29 is 4.74 Å². The summed E-state index contributed by atoms with van der Waals surface area (Å²) in [6.07, 6.45) is 9.49. The summed E-state index contributed by atoms with van der Waals surface area (Å²) in [7, 11) is 0. The minimum Gasteiger partial charge on any atom is -0.378 e. The van der Waals surface area contributed by atoms with Crippen molar-refractivity contribution in [2.24, 2.45) is 5.73 Å². The minimum absolute atomic E-state index is 0.566. The van der Waals surface area contributed by atoms with Gasteiger partial charge in [0.05, 0.1) is 6.10 Å². The first-order chi connectivity index (χ1) is 5.93. The van der Waals surface area contributed by atoms with Gasteiger partial charge in [0.15, 0.2) is 0 Å². The maximum atomic E-state index is 5.73. The predicted octanol–water partition coefficient (Wildman–Crippen LogP) is 2.07. The van der Waals surface area contributed by atoms with E-state index in [4.69, 9.17) is 10.5 Å². The molecule has 1 rings (SSSR count). The number of hydrogen-bond donors (Lipinski definition) is 1. The molecule has 0 aliphatic heterocycles. The van der Waals surface area contributed by atoms with Crippen LogP contribution in [0, 0.1) is 0 Å². The SMILES string of the molecule is NCCCCOC1CCCCC1. The van der Waals surface area contributed by atoms with Gasteiger partial charge >= 0.3 is 0 Å². The average molecular weight is 171 g/mol. The number of ether oxygens (including phenoxy) is 1. The number of unbranched alkanes of at least 4 members (excludes halogenated alkanes) is 1. The molecule has 0 radical (unpaired) electrons. The summed E-state index contributed by atoms with van der Waals surface area (Å²) in [5.41, 5.74) is 5.39. The van der Waals surface area contributed by atoms with Gasteiger partial charge in [-0.15, -0.1) is 0 Å².